The van der Waals surface area contributed by atoms with E-state index in [-0.39, 0.29) is 48.8 Å². The maximum absolute atomic E-state index is 14.9. The zero-order valence-corrected chi connectivity index (χ0v) is 28.8. The normalized spacial score (nSPS) is 27.8. The Hall–Kier alpha value is -2.72. The molecule has 3 aliphatic heterocycles. The molecule has 0 aromatic carbocycles. The fourth-order valence-electron chi connectivity index (χ4n) is 8.01. The molecule has 3 saturated heterocycles. The molecular formula is C35H57N3O7. The van der Waals surface area contributed by atoms with Crippen LogP contribution < -0.4 is 5.32 Å². The number of fused-ring (bicyclic) bond motifs is 1. The van der Waals surface area contributed by atoms with Gasteiger partial charge < -0.3 is 29.7 Å². The van der Waals surface area contributed by atoms with E-state index in [1.54, 1.807) is 28.9 Å². The molecule has 0 radical (unpaired) electrons. The lowest BCUT2D eigenvalue weighted by atomic mass is 9.70. The van der Waals surface area contributed by atoms with Gasteiger partial charge in [0.25, 0.3) is 0 Å². The Morgan fingerprint density at radius 1 is 1.20 bits per heavy atom. The molecule has 2 bridgehead atoms. The van der Waals surface area contributed by atoms with Gasteiger partial charge in [-0.3, -0.25) is 19.2 Å². The van der Waals surface area contributed by atoms with Crippen LogP contribution in [0.3, 0.4) is 0 Å². The van der Waals surface area contributed by atoms with E-state index in [9.17, 15) is 24.3 Å². The predicted octanol–water partition coefficient (Wildman–Crippen LogP) is 4.01. The van der Waals surface area contributed by atoms with Gasteiger partial charge in [-0.25, -0.2) is 0 Å². The van der Waals surface area contributed by atoms with Crippen LogP contribution in [0.1, 0.15) is 93.9 Å². The average Bonchev–Trinajstić information content (AvgIpc) is 3.59. The second-order valence-corrected chi connectivity index (χ2v) is 15.1. The molecule has 45 heavy (non-hydrogen) atoms. The zero-order valence-electron chi connectivity index (χ0n) is 28.8. The highest BCUT2D eigenvalue weighted by atomic mass is 16.6. The van der Waals surface area contributed by atoms with Crippen molar-refractivity contribution in [3.63, 3.8) is 0 Å². The van der Waals surface area contributed by atoms with E-state index in [0.29, 0.717) is 38.5 Å². The van der Waals surface area contributed by atoms with Crippen molar-refractivity contribution < 1.29 is 33.8 Å². The second kappa shape index (κ2) is 14.4. The smallest absolute Gasteiger partial charge is 0.312 e. The minimum Gasteiger partial charge on any atom is -0.460 e. The quantitative estimate of drug-likeness (QED) is 0.195. The number of nitrogens with zero attached hydrogens (tertiary/aromatic N) is 2. The highest BCUT2D eigenvalue weighted by Gasteiger charge is 2.76. The summed E-state index contributed by atoms with van der Waals surface area (Å²) in [6, 6.07) is -1.64. The molecule has 3 amide bonds. The minimum atomic E-state index is -1.22. The molecule has 10 nitrogen and oxygen atoms in total. The molecular weight excluding hydrogens is 574 g/mol. The van der Waals surface area contributed by atoms with Crippen molar-refractivity contribution in [1.82, 2.24) is 15.1 Å². The molecule has 254 valence electrons. The largest absolute Gasteiger partial charge is 0.460 e. The van der Waals surface area contributed by atoms with Gasteiger partial charge in [0.2, 0.25) is 17.7 Å². The lowest BCUT2D eigenvalue weighted by Gasteiger charge is -2.47. The Balaban J connectivity index is 2.00. The number of hydrogen-bond acceptors (Lipinski definition) is 7. The number of carbonyl (C=O) groups is 4. The highest BCUT2D eigenvalue weighted by Crippen LogP contribution is 2.59. The van der Waals surface area contributed by atoms with Crippen LogP contribution >= 0.6 is 0 Å². The summed E-state index contributed by atoms with van der Waals surface area (Å²) in [5, 5.41) is 13.4. The van der Waals surface area contributed by atoms with Gasteiger partial charge in [-0.1, -0.05) is 53.2 Å². The average molecular weight is 632 g/mol. The molecule has 0 aromatic rings. The van der Waals surface area contributed by atoms with E-state index in [4.69, 9.17) is 9.47 Å². The molecule has 0 saturated carbocycles. The van der Waals surface area contributed by atoms with Crippen LogP contribution in [0.4, 0.5) is 0 Å². The lowest BCUT2D eigenvalue weighted by Crippen LogP contribution is -2.63. The van der Waals surface area contributed by atoms with Crippen molar-refractivity contribution in [1.29, 1.82) is 0 Å². The van der Waals surface area contributed by atoms with Crippen LogP contribution in [0.25, 0.3) is 0 Å². The number of amides is 3. The number of allylic oxidation sites excluding steroid dienone is 1. The standard InChI is InChI=1S/C35H57N3O7/c1-11-14-15-26(40)36-19-23(5)44-32(43)27-25-16-17-35(45-25)28(27)30(41)38(24(20-39)22(4)13-3)29(35)31(42)37(18-12-2)34(9,10)21-33(6,7)8/h11-12,22-25,27-29,39H,1-2,13-21H2,3-10H3,(H,36,40)/t22-,23+,24-,25+,27-,28-,29+,35-/m0/s1. The van der Waals surface area contributed by atoms with Crippen molar-refractivity contribution in [3.8, 4) is 0 Å². The van der Waals surface area contributed by atoms with E-state index in [1.807, 2.05) is 27.7 Å². The van der Waals surface area contributed by atoms with Gasteiger partial charge >= 0.3 is 5.97 Å². The van der Waals surface area contributed by atoms with Gasteiger partial charge in [0.15, 0.2) is 0 Å². The van der Waals surface area contributed by atoms with Crippen LogP contribution in [0.5, 0.6) is 0 Å². The van der Waals surface area contributed by atoms with Crippen LogP contribution in [0, 0.1) is 23.2 Å². The van der Waals surface area contributed by atoms with Crippen molar-refractivity contribution in [2.24, 2.45) is 23.2 Å². The van der Waals surface area contributed by atoms with E-state index in [1.165, 1.54) is 0 Å². The minimum absolute atomic E-state index is 0.0848. The third-order valence-corrected chi connectivity index (χ3v) is 9.84. The first kappa shape index (κ1) is 36.7. The second-order valence-electron chi connectivity index (χ2n) is 15.1. The van der Waals surface area contributed by atoms with Gasteiger partial charge in [0, 0.05) is 18.5 Å². The summed E-state index contributed by atoms with van der Waals surface area (Å²) in [5.41, 5.74) is -1.89. The molecule has 3 heterocycles. The number of aliphatic hydroxyl groups excluding tert-OH is 1. The molecule has 0 aromatic heterocycles. The number of nitrogens with one attached hydrogen (secondary N) is 1. The molecule has 10 heteroatoms. The van der Waals surface area contributed by atoms with Gasteiger partial charge in [0.1, 0.15) is 17.7 Å². The van der Waals surface area contributed by atoms with Gasteiger partial charge in [-0.15, -0.1) is 13.2 Å². The first-order chi connectivity index (χ1) is 21.0. The van der Waals surface area contributed by atoms with Gasteiger partial charge in [-0.05, 0) is 57.8 Å². The Morgan fingerprint density at radius 2 is 1.87 bits per heavy atom. The summed E-state index contributed by atoms with van der Waals surface area (Å²) < 4.78 is 12.4. The maximum Gasteiger partial charge on any atom is 0.312 e. The molecule has 3 fully saturated rings. The molecule has 3 aliphatic rings. The van der Waals surface area contributed by atoms with Crippen LogP contribution in [0.2, 0.25) is 0 Å². The Kier molecular flexibility index (Phi) is 11.7. The molecule has 0 unspecified atom stereocenters. The molecule has 2 N–H and O–H groups in total. The third kappa shape index (κ3) is 7.48. The molecule has 3 rings (SSSR count). The summed E-state index contributed by atoms with van der Waals surface area (Å²) in [6.45, 7) is 23.7. The maximum atomic E-state index is 14.9. The topological polar surface area (TPSA) is 125 Å². The van der Waals surface area contributed by atoms with Crippen molar-refractivity contribution >= 4 is 23.7 Å². The summed E-state index contributed by atoms with van der Waals surface area (Å²) in [5.74, 6) is -3.25. The molecule has 1 spiro atoms. The Bertz CT molecular complexity index is 1130. The monoisotopic (exact) mass is 631 g/mol. The summed E-state index contributed by atoms with van der Waals surface area (Å²) in [7, 11) is 0. The first-order valence-electron chi connectivity index (χ1n) is 16.6. The van der Waals surface area contributed by atoms with Crippen molar-refractivity contribution in [3.05, 3.63) is 25.3 Å². The molecule has 0 aliphatic carbocycles. The van der Waals surface area contributed by atoms with E-state index in [0.717, 1.165) is 0 Å². The summed E-state index contributed by atoms with van der Waals surface area (Å²) in [6.07, 6.45) is 5.35. The van der Waals surface area contributed by atoms with Gasteiger partial charge in [0.05, 0.1) is 37.1 Å². The SMILES string of the molecule is C=CCCC(=O)NC[C@@H](C)OC(=O)[C@@H]1[C@H]2C(=O)N([C@@H](CO)[C@@H](C)CC)[C@H](C(=O)N(CC=C)C(C)(C)CC(C)(C)C)[C@]23CC[C@H]1O3. The number of carbonyl (C=O) groups excluding carboxylic acids is 4. The van der Waals surface area contributed by atoms with Crippen LogP contribution in [-0.4, -0.2) is 93.7 Å². The van der Waals surface area contributed by atoms with E-state index >= 15 is 0 Å². The van der Waals surface area contributed by atoms with Gasteiger partial charge in [-0.2, -0.15) is 0 Å². The van der Waals surface area contributed by atoms with Crippen molar-refractivity contribution in [2.45, 2.75) is 129 Å². The fourth-order valence-corrected chi connectivity index (χ4v) is 8.01. The summed E-state index contributed by atoms with van der Waals surface area (Å²) >= 11 is 0. The lowest BCUT2D eigenvalue weighted by molar-refractivity contribution is -0.161. The highest BCUT2D eigenvalue weighted by molar-refractivity contribution is 5.98. The van der Waals surface area contributed by atoms with Crippen LogP contribution in [0.15, 0.2) is 25.3 Å². The van der Waals surface area contributed by atoms with E-state index in [2.05, 4.69) is 39.2 Å². The number of hydrogen-bond donors (Lipinski definition) is 2. The Labute approximate surface area is 269 Å². The fraction of sp³-hybridized carbons (Fsp3) is 0.771. The molecule has 8 atom stereocenters. The van der Waals surface area contributed by atoms with Crippen LogP contribution in [-0.2, 0) is 28.7 Å². The number of aliphatic hydroxyl groups is 1. The predicted molar refractivity (Wildman–Crippen MR) is 173 cm³/mol. The third-order valence-electron chi connectivity index (χ3n) is 9.84. The number of likely N-dealkylation sites (tertiary alicyclic amines) is 1. The number of ether oxygens (including phenoxy) is 2. The zero-order chi connectivity index (χ0) is 33.9. The Morgan fingerprint density at radius 3 is 2.42 bits per heavy atom. The number of esters is 1. The first-order valence-corrected chi connectivity index (χ1v) is 16.6. The van der Waals surface area contributed by atoms with E-state index < -0.39 is 53.2 Å². The number of rotatable bonds is 16. The summed E-state index contributed by atoms with van der Waals surface area (Å²) in [4.78, 5) is 58.6. The van der Waals surface area contributed by atoms with Crippen molar-refractivity contribution in [2.75, 3.05) is 19.7 Å².